The summed E-state index contributed by atoms with van der Waals surface area (Å²) in [7, 11) is 4.06. The van der Waals surface area contributed by atoms with Crippen LogP contribution in [-0.2, 0) is 23.9 Å². The van der Waals surface area contributed by atoms with Crippen molar-refractivity contribution >= 4 is 29.3 Å². The van der Waals surface area contributed by atoms with Crippen molar-refractivity contribution in [3.63, 3.8) is 0 Å². The number of amides is 3. The normalized spacial score (nSPS) is 14.5. The largest absolute Gasteiger partial charge is 1.00 e. The van der Waals surface area contributed by atoms with Crippen LogP contribution in [0.3, 0.4) is 0 Å². The average Bonchev–Trinajstić information content (AvgIpc) is 4.22. The van der Waals surface area contributed by atoms with Crippen molar-refractivity contribution < 1.29 is 203 Å². The minimum atomic E-state index is 0. The molecule has 3 fully saturated rings. The van der Waals surface area contributed by atoms with Gasteiger partial charge in [0.2, 0.25) is 17.7 Å². The molecule has 3 amide bonds. The molecule has 0 radical (unpaired) electrons. The monoisotopic (exact) mass is 1520 g/mol. The fourth-order valence-electron chi connectivity index (χ4n) is 8.70. The summed E-state index contributed by atoms with van der Waals surface area (Å²) in [5.74, 6) is 6.48. The zero-order chi connectivity index (χ0) is 67.6. The molecule has 2 unspecified atom stereocenters. The second-order valence-electron chi connectivity index (χ2n) is 31.0. The molecule has 11 nitrogen and oxygen atoms in total. The SMILES string of the molecule is CC(=O)CCC(C)C.CC(=O)NCC(C)C.CC(C)(C)CC1CCCO1.CC(C)C.CC(C)C.CC(C)CC(=O)N1CCCC1.CC(C)CCC(=O)c1ccccc1.CN1CCCC1CC(C)(C)C.CNCC(=O)NC(CCC(C)C)CCC(C)C.[CH3-].[CH3-].[CH3-].[Rb+].[Rb+].[Rb+]. The third-order valence-corrected chi connectivity index (χ3v) is 13.2. The first kappa shape index (κ1) is 118. The van der Waals surface area contributed by atoms with E-state index in [4.69, 9.17) is 4.74 Å². The van der Waals surface area contributed by atoms with Gasteiger partial charge in [-0.25, -0.2) is 0 Å². The van der Waals surface area contributed by atoms with Crippen molar-refractivity contribution in [2.24, 2.45) is 58.2 Å². The molecule has 92 heavy (non-hydrogen) atoms. The molecule has 0 aliphatic carbocycles. The molecule has 3 saturated heterocycles. The van der Waals surface area contributed by atoms with E-state index in [9.17, 15) is 24.0 Å². The van der Waals surface area contributed by atoms with E-state index in [0.29, 0.717) is 83.1 Å². The second kappa shape index (κ2) is 74.5. The number of carbonyl (C=O) groups is 5. The zero-order valence-corrected chi connectivity index (χ0v) is 83.1. The summed E-state index contributed by atoms with van der Waals surface area (Å²) in [4.78, 5) is 59.6. The number of Topliss-reactive ketones (excluding diaryl/α,β-unsaturated/α-hetero) is 2. The van der Waals surface area contributed by atoms with Crippen LogP contribution in [0.2, 0.25) is 0 Å². The molecule has 1 aromatic carbocycles. The molecular formula is C78H158N5O6Rb3. The maximum atomic E-state index is 11.6. The molecule has 3 aliphatic heterocycles. The molecule has 0 spiro atoms. The van der Waals surface area contributed by atoms with Crippen LogP contribution in [0, 0.1) is 80.5 Å². The molecule has 4 rings (SSSR count). The first-order valence-corrected chi connectivity index (χ1v) is 34.5. The van der Waals surface area contributed by atoms with Crippen LogP contribution in [0.5, 0.6) is 0 Å². The van der Waals surface area contributed by atoms with Gasteiger partial charge in [-0.05, 0) is 176 Å². The standard InChI is InChI=1S/C14H30N2O.C12H16O.C10H21N.C9H17NO.C9H18O.C7H14O.C6H13NO.2C4H10.3CH3.3Rb/c1-11(2)6-8-13(9-7-12(3)4)16-14(17)10-15-5;1-10(2)8-9-12(13)11-6-4-3-5-7-11;1-10(2,3)8-9-6-5-7-11(9)4;1-8(2)7-9(11)10-5-3-4-6-10;1-9(2,3)7-8-5-4-6-10-8;1-6(2)4-5-7(3)8;1-5(2)4-7-6(3)8;2*1-4(2)3;;;;;;/h11-13,15H,6-10H2,1-5H3,(H,16,17);3-7,10H,8-9H2,1-2H3;9H,5-8H2,1-4H3;8H,3-7H2,1-2H3;8H,4-7H2,1-3H3;6H,4-5H2,1-3H3;5H,4H2,1-3H3,(H,7,8);2*4H,1-3H3;3*1H3;;;/q;;;;;;;;;3*-1;3*+1. The van der Waals surface area contributed by atoms with Gasteiger partial charge >= 0.3 is 175 Å². The number of likely N-dealkylation sites (tertiary alicyclic amines) is 2. The Morgan fingerprint density at radius 2 is 0.989 bits per heavy atom. The van der Waals surface area contributed by atoms with Gasteiger partial charge < -0.3 is 57.6 Å². The summed E-state index contributed by atoms with van der Waals surface area (Å²) in [5, 5.41) is 8.72. The van der Waals surface area contributed by atoms with Crippen molar-refractivity contribution in [3.05, 3.63) is 58.2 Å². The van der Waals surface area contributed by atoms with Gasteiger partial charge in [-0.3, -0.25) is 19.2 Å². The van der Waals surface area contributed by atoms with E-state index in [1.54, 1.807) is 14.0 Å². The summed E-state index contributed by atoms with van der Waals surface area (Å²) in [6, 6.07) is 10.7. The van der Waals surface area contributed by atoms with E-state index < -0.39 is 0 Å². The van der Waals surface area contributed by atoms with Crippen molar-refractivity contribution in [2.75, 3.05) is 53.4 Å². The summed E-state index contributed by atoms with van der Waals surface area (Å²) in [6.07, 6.45) is 19.6. The Labute approximate surface area is 724 Å². The predicted octanol–water partition coefficient (Wildman–Crippen LogP) is 11.1. The van der Waals surface area contributed by atoms with Crippen molar-refractivity contribution in [1.82, 2.24) is 25.8 Å². The first-order chi connectivity index (χ1) is 39.6. The third kappa shape index (κ3) is 98.6. The number of benzene rings is 1. The van der Waals surface area contributed by atoms with Crippen LogP contribution in [-0.4, -0.2) is 111 Å². The Kier molecular flexibility index (Phi) is 95.7. The average molecular weight is 1520 g/mol. The fraction of sp³-hybridized carbons (Fsp3) is 0.821. The van der Waals surface area contributed by atoms with Gasteiger partial charge in [0.25, 0.3) is 0 Å². The van der Waals surface area contributed by atoms with E-state index in [-0.39, 0.29) is 214 Å². The number of ether oxygens (including phenoxy) is 1. The number of ketones is 2. The Bertz CT molecular complexity index is 1710. The van der Waals surface area contributed by atoms with Crippen LogP contribution in [0.4, 0.5) is 0 Å². The molecule has 3 N–H and O–H groups in total. The van der Waals surface area contributed by atoms with Crippen LogP contribution in [0.1, 0.15) is 300 Å². The minimum Gasteiger partial charge on any atom is -0.378 e. The quantitative estimate of drug-likeness (QED) is 0.0771. The van der Waals surface area contributed by atoms with Crippen molar-refractivity contribution in [2.45, 2.75) is 307 Å². The maximum Gasteiger partial charge on any atom is 1.00 e. The predicted molar refractivity (Wildman–Crippen MR) is 395 cm³/mol. The van der Waals surface area contributed by atoms with Crippen LogP contribution >= 0.6 is 0 Å². The second-order valence-corrected chi connectivity index (χ2v) is 31.0. The molecule has 3 heterocycles. The molecule has 534 valence electrons. The number of likely N-dealkylation sites (N-methyl/N-ethyl adjacent to an activating group) is 1. The fourth-order valence-corrected chi connectivity index (χ4v) is 8.70. The third-order valence-electron chi connectivity index (χ3n) is 13.2. The van der Waals surface area contributed by atoms with Gasteiger partial charge in [0.05, 0.1) is 12.6 Å². The molecule has 0 aromatic heterocycles. The summed E-state index contributed by atoms with van der Waals surface area (Å²) in [5.41, 5.74) is 1.78. The van der Waals surface area contributed by atoms with Crippen LogP contribution in [0.15, 0.2) is 30.3 Å². The molecule has 14 heteroatoms. The van der Waals surface area contributed by atoms with Gasteiger partial charge in [0, 0.05) is 70.1 Å². The summed E-state index contributed by atoms with van der Waals surface area (Å²) >= 11 is 0. The topological polar surface area (TPSA) is 137 Å². The van der Waals surface area contributed by atoms with Crippen molar-refractivity contribution in [3.8, 4) is 0 Å². The number of hydrogen-bond donors (Lipinski definition) is 3. The van der Waals surface area contributed by atoms with Gasteiger partial charge in [-0.15, -0.1) is 0 Å². The molecule has 0 bridgehead atoms. The van der Waals surface area contributed by atoms with Crippen LogP contribution < -0.4 is 191 Å². The molecule has 3 aliphatic rings. The van der Waals surface area contributed by atoms with E-state index in [2.05, 4.69) is 194 Å². The van der Waals surface area contributed by atoms with E-state index in [1.165, 1.54) is 77.7 Å². The Balaban J connectivity index is -0.0000000906. The van der Waals surface area contributed by atoms with Gasteiger partial charge in [0.15, 0.2) is 5.78 Å². The van der Waals surface area contributed by atoms with E-state index in [0.717, 1.165) is 88.2 Å². The molecule has 1 aromatic rings. The molecule has 0 saturated carbocycles. The van der Waals surface area contributed by atoms with Gasteiger partial charge in [-0.1, -0.05) is 197 Å². The summed E-state index contributed by atoms with van der Waals surface area (Å²) in [6.45, 7) is 61.2. The first-order valence-electron chi connectivity index (χ1n) is 34.5. The number of nitrogens with one attached hydrogen (secondary N) is 3. The molecular weight excluding hydrogens is 1360 g/mol. The van der Waals surface area contributed by atoms with Crippen LogP contribution in [0.25, 0.3) is 0 Å². The van der Waals surface area contributed by atoms with Gasteiger partial charge in [-0.2, -0.15) is 0 Å². The minimum absolute atomic E-state index is 0. The Morgan fingerprint density at radius 3 is 1.29 bits per heavy atom. The van der Waals surface area contributed by atoms with E-state index >= 15 is 0 Å². The zero-order valence-electron chi connectivity index (χ0n) is 68.3. The maximum absolute atomic E-state index is 11.6. The number of rotatable bonds is 22. The van der Waals surface area contributed by atoms with E-state index in [1.807, 2.05) is 35.2 Å². The number of hydrogen-bond acceptors (Lipinski definition) is 8. The summed E-state index contributed by atoms with van der Waals surface area (Å²) < 4.78 is 5.53. The Morgan fingerprint density at radius 1 is 0.554 bits per heavy atom. The number of carbonyl (C=O) groups excluding carboxylic acids is 5. The Hall–Kier alpha value is 2.27. The van der Waals surface area contributed by atoms with Crippen molar-refractivity contribution in [1.29, 1.82) is 0 Å². The van der Waals surface area contributed by atoms with Gasteiger partial charge in [0.1, 0.15) is 5.78 Å². The smallest absolute Gasteiger partial charge is 0.378 e. The number of nitrogens with zero attached hydrogens (tertiary/aromatic N) is 2. The molecule has 2 atom stereocenters.